The Bertz CT molecular complexity index is 683. The summed E-state index contributed by atoms with van der Waals surface area (Å²) in [6.45, 7) is 2.01. The Kier molecular flexibility index (Phi) is 7.01. The first-order valence-corrected chi connectivity index (χ1v) is 8.25. The average molecular weight is 341 g/mol. The molecule has 5 heteroatoms. The predicted octanol–water partition coefficient (Wildman–Crippen LogP) is 3.05. The number of ether oxygens (including phenoxy) is 2. The summed E-state index contributed by atoms with van der Waals surface area (Å²) < 4.78 is 10.2. The van der Waals surface area contributed by atoms with E-state index in [-0.39, 0.29) is 24.4 Å². The average Bonchev–Trinajstić information content (AvgIpc) is 2.66. The molecule has 0 aliphatic heterocycles. The minimum atomic E-state index is -0.381. The van der Waals surface area contributed by atoms with Crippen molar-refractivity contribution in [3.05, 3.63) is 65.7 Å². The van der Waals surface area contributed by atoms with E-state index in [1.807, 2.05) is 61.5 Å². The highest BCUT2D eigenvalue weighted by Crippen LogP contribution is 2.20. The Morgan fingerprint density at radius 3 is 2.32 bits per heavy atom. The molecular formula is C20H23NO4. The molecule has 2 aromatic rings. The number of amides is 1. The number of carbonyl (C=O) groups is 2. The highest BCUT2D eigenvalue weighted by Gasteiger charge is 2.20. The van der Waals surface area contributed by atoms with E-state index in [1.165, 1.54) is 0 Å². The van der Waals surface area contributed by atoms with Gasteiger partial charge in [0.15, 0.2) is 6.61 Å². The number of nitrogens with one attached hydrogen (secondary N) is 1. The SMILES string of the molecule is CC[C@H](C(=O)OCC(=O)NCc1ccc(OC)cc1)c1ccccc1. The van der Waals surface area contributed by atoms with Crippen LogP contribution < -0.4 is 10.1 Å². The van der Waals surface area contributed by atoms with Crippen LogP contribution in [0.5, 0.6) is 5.75 Å². The molecular weight excluding hydrogens is 318 g/mol. The van der Waals surface area contributed by atoms with Crippen molar-refractivity contribution >= 4 is 11.9 Å². The Hall–Kier alpha value is -2.82. The van der Waals surface area contributed by atoms with Crippen LogP contribution in [0.25, 0.3) is 0 Å². The second-order valence-electron chi connectivity index (χ2n) is 5.60. The van der Waals surface area contributed by atoms with E-state index < -0.39 is 0 Å². The first-order chi connectivity index (χ1) is 12.1. The van der Waals surface area contributed by atoms with Gasteiger partial charge in [-0.1, -0.05) is 49.4 Å². The zero-order valence-corrected chi connectivity index (χ0v) is 14.5. The molecule has 0 spiro atoms. The maximum atomic E-state index is 12.2. The van der Waals surface area contributed by atoms with Gasteiger partial charge in [-0.15, -0.1) is 0 Å². The summed E-state index contributed by atoms with van der Waals surface area (Å²) in [5.41, 5.74) is 1.84. The standard InChI is InChI=1S/C20H23NO4/c1-3-18(16-7-5-4-6-8-16)20(23)25-14-19(22)21-13-15-9-11-17(24-2)12-10-15/h4-12,18H,3,13-14H2,1-2H3,(H,21,22)/t18-/m0/s1. The van der Waals surface area contributed by atoms with E-state index in [9.17, 15) is 9.59 Å². The van der Waals surface area contributed by atoms with Crippen molar-refractivity contribution in [2.24, 2.45) is 0 Å². The van der Waals surface area contributed by atoms with Crippen molar-refractivity contribution in [3.63, 3.8) is 0 Å². The fourth-order valence-corrected chi connectivity index (χ4v) is 2.46. The number of rotatable bonds is 8. The summed E-state index contributed by atoms with van der Waals surface area (Å²) in [4.78, 5) is 24.1. The van der Waals surface area contributed by atoms with Gasteiger partial charge in [-0.25, -0.2) is 0 Å². The van der Waals surface area contributed by atoms with Crippen LogP contribution in [0, 0.1) is 0 Å². The Morgan fingerprint density at radius 2 is 1.72 bits per heavy atom. The fourth-order valence-electron chi connectivity index (χ4n) is 2.46. The monoisotopic (exact) mass is 341 g/mol. The number of methoxy groups -OCH3 is 1. The lowest BCUT2D eigenvalue weighted by molar-refractivity contribution is -0.150. The number of carbonyl (C=O) groups excluding carboxylic acids is 2. The summed E-state index contributed by atoms with van der Waals surface area (Å²) in [6.07, 6.45) is 0.621. The lowest BCUT2D eigenvalue weighted by Crippen LogP contribution is -2.29. The van der Waals surface area contributed by atoms with Crippen LogP contribution in [0.2, 0.25) is 0 Å². The van der Waals surface area contributed by atoms with Crippen molar-refractivity contribution < 1.29 is 19.1 Å². The van der Waals surface area contributed by atoms with Gasteiger partial charge in [0, 0.05) is 6.54 Å². The Labute approximate surface area is 148 Å². The lowest BCUT2D eigenvalue weighted by Gasteiger charge is -2.14. The molecule has 0 radical (unpaired) electrons. The minimum absolute atomic E-state index is 0.279. The number of hydrogen-bond donors (Lipinski definition) is 1. The summed E-state index contributed by atoms with van der Waals surface area (Å²) in [5.74, 6) is -0.300. The molecule has 0 unspecified atom stereocenters. The molecule has 5 nitrogen and oxygen atoms in total. The molecule has 1 amide bonds. The third-order valence-corrected chi connectivity index (χ3v) is 3.89. The van der Waals surface area contributed by atoms with Gasteiger partial charge in [-0.3, -0.25) is 9.59 Å². The first-order valence-electron chi connectivity index (χ1n) is 8.25. The highest BCUT2D eigenvalue weighted by atomic mass is 16.5. The molecule has 1 N–H and O–H groups in total. The van der Waals surface area contributed by atoms with Crippen LogP contribution in [-0.2, 0) is 20.9 Å². The molecule has 0 aromatic heterocycles. The molecule has 0 aliphatic carbocycles. The van der Waals surface area contributed by atoms with Gasteiger partial charge in [-0.2, -0.15) is 0 Å². The molecule has 132 valence electrons. The van der Waals surface area contributed by atoms with Crippen LogP contribution in [0.4, 0.5) is 0 Å². The molecule has 0 bridgehead atoms. The third kappa shape index (κ3) is 5.64. The molecule has 0 heterocycles. The van der Waals surface area contributed by atoms with Crippen molar-refractivity contribution in [2.45, 2.75) is 25.8 Å². The lowest BCUT2D eigenvalue weighted by atomic mass is 9.97. The number of esters is 1. The third-order valence-electron chi connectivity index (χ3n) is 3.89. The van der Waals surface area contributed by atoms with Gasteiger partial charge in [0.25, 0.3) is 5.91 Å². The van der Waals surface area contributed by atoms with Crippen molar-refractivity contribution in [3.8, 4) is 5.75 Å². The topological polar surface area (TPSA) is 64.6 Å². The summed E-state index contributed by atoms with van der Waals surface area (Å²) in [7, 11) is 1.60. The molecule has 25 heavy (non-hydrogen) atoms. The molecule has 0 fully saturated rings. The van der Waals surface area contributed by atoms with Gasteiger partial charge in [0.05, 0.1) is 13.0 Å². The molecule has 1 atom stereocenters. The minimum Gasteiger partial charge on any atom is -0.497 e. The number of benzene rings is 2. The zero-order valence-electron chi connectivity index (χ0n) is 14.5. The first kappa shape index (κ1) is 18.5. The number of hydrogen-bond acceptors (Lipinski definition) is 4. The summed E-state index contributed by atoms with van der Waals surface area (Å²) >= 11 is 0. The van der Waals surface area contributed by atoms with E-state index >= 15 is 0 Å². The smallest absolute Gasteiger partial charge is 0.313 e. The van der Waals surface area contributed by atoms with Gasteiger partial charge in [0.1, 0.15) is 5.75 Å². The van der Waals surface area contributed by atoms with Gasteiger partial charge in [0.2, 0.25) is 0 Å². The van der Waals surface area contributed by atoms with Crippen molar-refractivity contribution in [1.29, 1.82) is 0 Å². The maximum Gasteiger partial charge on any atom is 0.313 e. The quantitative estimate of drug-likeness (QED) is 0.750. The molecule has 0 saturated heterocycles. The van der Waals surface area contributed by atoms with E-state index in [0.29, 0.717) is 13.0 Å². The van der Waals surface area contributed by atoms with Crippen LogP contribution >= 0.6 is 0 Å². The molecule has 0 aliphatic rings. The van der Waals surface area contributed by atoms with Gasteiger partial charge in [-0.05, 0) is 29.7 Å². The van der Waals surface area contributed by atoms with Crippen LogP contribution in [0.1, 0.15) is 30.4 Å². The highest BCUT2D eigenvalue weighted by molar-refractivity contribution is 5.83. The summed E-state index contributed by atoms with van der Waals surface area (Å²) in [5, 5.41) is 2.73. The summed E-state index contributed by atoms with van der Waals surface area (Å²) in [6, 6.07) is 16.8. The molecule has 2 rings (SSSR count). The Morgan fingerprint density at radius 1 is 1.04 bits per heavy atom. The van der Waals surface area contributed by atoms with E-state index in [2.05, 4.69) is 5.32 Å². The zero-order chi connectivity index (χ0) is 18.1. The normalized spacial score (nSPS) is 11.4. The Balaban J connectivity index is 1.79. The maximum absolute atomic E-state index is 12.2. The van der Waals surface area contributed by atoms with E-state index in [1.54, 1.807) is 7.11 Å². The van der Waals surface area contributed by atoms with Crippen LogP contribution in [-0.4, -0.2) is 25.6 Å². The van der Waals surface area contributed by atoms with Gasteiger partial charge >= 0.3 is 5.97 Å². The second kappa shape index (κ2) is 9.47. The second-order valence-corrected chi connectivity index (χ2v) is 5.60. The van der Waals surface area contributed by atoms with E-state index in [4.69, 9.17) is 9.47 Å². The van der Waals surface area contributed by atoms with Crippen LogP contribution in [0.15, 0.2) is 54.6 Å². The van der Waals surface area contributed by atoms with Gasteiger partial charge < -0.3 is 14.8 Å². The molecule has 0 saturated carbocycles. The fraction of sp³-hybridized carbons (Fsp3) is 0.300. The molecule has 2 aromatic carbocycles. The predicted molar refractivity (Wildman–Crippen MR) is 95.3 cm³/mol. The largest absolute Gasteiger partial charge is 0.497 e. The van der Waals surface area contributed by atoms with Crippen LogP contribution in [0.3, 0.4) is 0 Å². The van der Waals surface area contributed by atoms with Crippen molar-refractivity contribution in [1.82, 2.24) is 5.32 Å². The van der Waals surface area contributed by atoms with E-state index in [0.717, 1.165) is 16.9 Å². The van der Waals surface area contributed by atoms with Crippen molar-refractivity contribution in [2.75, 3.05) is 13.7 Å².